The second-order valence-corrected chi connectivity index (χ2v) is 31.7. The lowest BCUT2D eigenvalue weighted by Crippen LogP contribution is -2.09. The fourth-order valence-electron chi connectivity index (χ4n) is 14.5. The summed E-state index contributed by atoms with van der Waals surface area (Å²) in [5.41, 5.74) is 10.8. The van der Waals surface area contributed by atoms with Crippen LogP contribution in [0.5, 0.6) is 0 Å². The lowest BCUT2D eigenvalue weighted by Gasteiger charge is -2.15. The van der Waals surface area contributed by atoms with Crippen molar-refractivity contribution in [3.8, 4) is 56.9 Å². The van der Waals surface area contributed by atoms with E-state index in [4.69, 9.17) is 44.8 Å². The van der Waals surface area contributed by atoms with E-state index in [1.165, 1.54) is 72.8 Å². The van der Waals surface area contributed by atoms with Gasteiger partial charge in [-0.25, -0.2) is 63.0 Å². The SMILES string of the molecule is Cc1cc(Nc2nc(-c3ccccc3C(F)(F)F)nc3ccccc23)n[nH]1.Cc1cc(Nc2nc(-c3ccccc3Cl)nc3ccccc23)n[nH]1.Cc1nc(-c2ccccc2C(F)(F)F)nc(Nc2n[nH]c3ccc(F)cc23)c1C.Cc1nc(-c2ccccc2Cl)nc(Nc2n[nH]c3ccc(F)cc23)c1C.Fc1ccc2[nH]nc(Nc3nc(-c4ccccc4Cl)nc4c3CCC4)c2c1. The van der Waals surface area contributed by atoms with Gasteiger partial charge in [0, 0.05) is 112 Å². The first-order chi connectivity index (χ1) is 64.1. The number of rotatable bonds is 15. The number of aromatic nitrogens is 20. The van der Waals surface area contributed by atoms with Gasteiger partial charge in [0.25, 0.3) is 0 Å². The number of fused-ring (bicyclic) bond motifs is 6. The van der Waals surface area contributed by atoms with Crippen molar-refractivity contribution in [3.63, 3.8) is 0 Å². The van der Waals surface area contributed by atoms with Crippen LogP contribution in [0.15, 0.2) is 237 Å². The molecule has 0 bridgehead atoms. The standard InChI is InChI=1S/C20H15ClFN5.C20H15F4N5.C19H15ClFN5.C19H14F3N5.C18H14ClN5/c21-15-6-2-1-4-12(15)18-23-16-7-3-5-13(16)19(24-18)25-20-14-10-11(22)8-9-17(14)26-27-20;1-10-11(2)25-18(13-5-3-4-6-15(13)20(22,23)24)26-17(10)27-19-14-9-12(21)7-8-16(14)28-29-19;1-10-11(2)22-18(13-5-3-4-6-15(13)20)23-17(10)24-19-14-9-12(21)7-8-16(14)25-26-19;1-11-10-16(27-26-11)24-18-13-7-3-5-9-15(13)23-17(25-18)12-6-2-4-8-14(12)19(20,21)22;1-11-10-16(24-23-11)21-18-13-7-3-5-9-15(13)20-17(22-18)12-6-2-4-8-14(12)19/h1-2,4,6,8-10H,3,5,7H2,(H2,23,24,25,26,27);3-9H,1-2H3,(H2,25,26,27,28,29);3-9H,1-2H3,(H2,22,23,24,25,26);2-10H,1H3,(H2,23,24,25,26,27);2-10H,1H3,(H2,20,21,22,23,24). The van der Waals surface area contributed by atoms with Crippen molar-refractivity contribution in [1.29, 1.82) is 0 Å². The van der Waals surface area contributed by atoms with Crippen LogP contribution in [0.25, 0.3) is 111 Å². The normalized spacial score (nSPS) is 11.7. The van der Waals surface area contributed by atoms with Crippen LogP contribution in [-0.4, -0.2) is 101 Å². The molecule has 0 unspecified atom stereocenters. The molecule has 37 heteroatoms. The van der Waals surface area contributed by atoms with E-state index in [2.05, 4.69) is 117 Å². The molecule has 0 saturated carbocycles. The Morgan fingerprint density at radius 1 is 0.293 bits per heavy atom. The molecule has 0 amide bonds. The summed E-state index contributed by atoms with van der Waals surface area (Å²) in [5.74, 6) is 5.82. The Kier molecular flexibility index (Phi) is 25.5. The first kappa shape index (κ1) is 89.2. The maximum atomic E-state index is 13.7. The van der Waals surface area contributed by atoms with Crippen LogP contribution in [0.2, 0.25) is 15.1 Å². The first-order valence-electron chi connectivity index (χ1n) is 41.1. The van der Waals surface area contributed by atoms with Crippen molar-refractivity contribution in [1.82, 2.24) is 101 Å². The number of alkyl halides is 6. The third-order valence-electron chi connectivity index (χ3n) is 21.4. The van der Waals surface area contributed by atoms with Crippen molar-refractivity contribution in [2.24, 2.45) is 0 Å². The lowest BCUT2D eigenvalue weighted by molar-refractivity contribution is -0.137. The summed E-state index contributed by atoms with van der Waals surface area (Å²) in [6.45, 7) is 11.1. The third-order valence-corrected chi connectivity index (χ3v) is 22.4. The summed E-state index contributed by atoms with van der Waals surface area (Å²) in [4.78, 5) is 45.2. The Labute approximate surface area is 765 Å². The molecule has 10 aromatic heterocycles. The van der Waals surface area contributed by atoms with Gasteiger partial charge >= 0.3 is 12.4 Å². The molecule has 1 aliphatic rings. The average Bonchev–Trinajstić information content (AvgIpc) is 1.59. The molecular weight excluding hydrogens is 1780 g/mol. The molecule has 666 valence electrons. The highest BCUT2D eigenvalue weighted by molar-refractivity contribution is 6.34. The second-order valence-electron chi connectivity index (χ2n) is 30.5. The minimum atomic E-state index is -4.54. The second kappa shape index (κ2) is 38.1. The van der Waals surface area contributed by atoms with Crippen molar-refractivity contribution in [2.75, 3.05) is 26.6 Å². The van der Waals surface area contributed by atoms with Crippen molar-refractivity contribution in [2.45, 2.75) is 73.2 Å². The minimum absolute atomic E-state index is 0.00335. The molecule has 133 heavy (non-hydrogen) atoms. The Hall–Kier alpha value is -15.8. The third kappa shape index (κ3) is 20.0. The molecule has 25 nitrogen and oxygen atoms in total. The first-order valence-corrected chi connectivity index (χ1v) is 42.2. The van der Waals surface area contributed by atoms with E-state index < -0.39 is 29.3 Å². The number of aryl methyl sites for hydroxylation is 5. The molecule has 20 aromatic rings. The van der Waals surface area contributed by atoms with E-state index in [9.17, 15) is 39.5 Å². The van der Waals surface area contributed by atoms with E-state index in [-0.39, 0.29) is 34.4 Å². The average molecular weight is 1850 g/mol. The molecule has 1 aliphatic carbocycles. The van der Waals surface area contributed by atoms with Crippen LogP contribution in [0.4, 0.5) is 97.7 Å². The molecule has 10 heterocycles. The number of halogens is 12. The molecule has 10 N–H and O–H groups in total. The summed E-state index contributed by atoms with van der Waals surface area (Å²) in [6.07, 6.45) is -6.21. The van der Waals surface area contributed by atoms with Crippen molar-refractivity contribution in [3.05, 3.63) is 325 Å². The van der Waals surface area contributed by atoms with Crippen LogP contribution in [0.3, 0.4) is 0 Å². The minimum Gasteiger partial charge on any atom is -0.323 e. The van der Waals surface area contributed by atoms with Crippen molar-refractivity contribution >= 4 is 147 Å². The predicted molar refractivity (Wildman–Crippen MR) is 500 cm³/mol. The zero-order valence-electron chi connectivity index (χ0n) is 70.9. The van der Waals surface area contributed by atoms with Gasteiger partial charge in [-0.3, -0.25) is 25.5 Å². The van der Waals surface area contributed by atoms with Crippen LogP contribution < -0.4 is 26.6 Å². The number of hydrogen-bond acceptors (Lipinski definition) is 20. The van der Waals surface area contributed by atoms with Gasteiger partial charge in [0.15, 0.2) is 58.2 Å². The van der Waals surface area contributed by atoms with Gasteiger partial charge in [0.2, 0.25) is 0 Å². The Morgan fingerprint density at radius 3 is 1.02 bits per heavy atom. The molecule has 10 aromatic carbocycles. The van der Waals surface area contributed by atoms with Gasteiger partial charge < -0.3 is 26.6 Å². The van der Waals surface area contributed by atoms with E-state index in [0.29, 0.717) is 135 Å². The van der Waals surface area contributed by atoms with Crippen molar-refractivity contribution < 1.29 is 39.5 Å². The molecular formula is C96H73Cl3F9N25. The number of para-hydroxylation sites is 2. The topological polar surface area (TPSA) is 332 Å². The summed E-state index contributed by atoms with van der Waals surface area (Å²) in [6, 6.07) is 64.7. The predicted octanol–water partition coefficient (Wildman–Crippen LogP) is 25.6. The highest BCUT2D eigenvalue weighted by atomic mass is 35.5. The zero-order valence-corrected chi connectivity index (χ0v) is 73.1. The van der Waals surface area contributed by atoms with Gasteiger partial charge in [-0.15, -0.1) is 0 Å². The summed E-state index contributed by atoms with van der Waals surface area (Å²) in [7, 11) is 0. The van der Waals surface area contributed by atoms with E-state index in [1.807, 2.05) is 131 Å². The fraction of sp³-hybridized carbons (Fsp3) is 0.115. The van der Waals surface area contributed by atoms with E-state index in [1.54, 1.807) is 62.4 Å². The quantitative estimate of drug-likeness (QED) is 0.0426. The van der Waals surface area contributed by atoms with Crippen LogP contribution in [0.1, 0.15) is 62.7 Å². The Bertz CT molecular complexity index is 7750. The van der Waals surface area contributed by atoms with Gasteiger partial charge in [0.05, 0.1) is 53.8 Å². The number of nitrogens with zero attached hydrogens (tertiary/aromatic N) is 15. The van der Waals surface area contributed by atoms with Crippen LogP contribution in [-0.2, 0) is 25.2 Å². The number of hydrogen-bond donors (Lipinski definition) is 10. The van der Waals surface area contributed by atoms with Gasteiger partial charge in [-0.1, -0.05) is 132 Å². The number of anilines is 10. The largest absolute Gasteiger partial charge is 0.417 e. The number of aromatic amines is 5. The molecule has 0 fully saturated rings. The lowest BCUT2D eigenvalue weighted by atomic mass is 10.1. The van der Waals surface area contributed by atoms with E-state index in [0.717, 1.165) is 104 Å². The summed E-state index contributed by atoms with van der Waals surface area (Å²) < 4.78 is 121. The molecule has 0 aliphatic heterocycles. The maximum Gasteiger partial charge on any atom is 0.417 e. The summed E-state index contributed by atoms with van der Waals surface area (Å²) >= 11 is 18.9. The highest BCUT2D eigenvalue weighted by Gasteiger charge is 2.36. The number of H-pyrrole nitrogens is 5. The summed E-state index contributed by atoms with van der Waals surface area (Å²) in [5, 5.41) is 56.3. The maximum absolute atomic E-state index is 13.7. The number of nitrogens with one attached hydrogen (secondary N) is 10. The van der Waals surface area contributed by atoms with Gasteiger partial charge in [-0.2, -0.15) is 51.8 Å². The zero-order chi connectivity index (χ0) is 92.9. The Morgan fingerprint density at radius 2 is 0.624 bits per heavy atom. The van der Waals surface area contributed by atoms with Crippen LogP contribution in [0, 0.1) is 59.0 Å². The van der Waals surface area contributed by atoms with Crippen LogP contribution >= 0.6 is 34.8 Å². The molecule has 0 saturated heterocycles. The smallest absolute Gasteiger partial charge is 0.323 e. The molecule has 0 atom stereocenters. The molecule has 0 radical (unpaired) electrons. The fourth-order valence-corrected chi connectivity index (χ4v) is 15.2. The Balaban J connectivity index is 0.000000116. The monoisotopic (exact) mass is 1850 g/mol. The number of benzene rings is 10. The molecule has 21 rings (SSSR count). The van der Waals surface area contributed by atoms with E-state index >= 15 is 0 Å². The van der Waals surface area contributed by atoms with Gasteiger partial charge in [0.1, 0.15) is 46.5 Å². The highest BCUT2D eigenvalue weighted by Crippen LogP contribution is 2.42. The van der Waals surface area contributed by atoms with Gasteiger partial charge in [-0.05, 0) is 188 Å². The molecule has 0 spiro atoms.